The van der Waals surface area contributed by atoms with Crippen molar-refractivity contribution < 1.29 is 12.8 Å². The molecule has 0 radical (unpaired) electrons. The van der Waals surface area contributed by atoms with Crippen molar-refractivity contribution in [1.82, 2.24) is 9.97 Å². The van der Waals surface area contributed by atoms with Crippen LogP contribution in [0.5, 0.6) is 0 Å². The van der Waals surface area contributed by atoms with Crippen LogP contribution >= 0.6 is 11.3 Å². The third-order valence-corrected chi connectivity index (χ3v) is 7.90. The Hall–Kier alpha value is -3.17. The van der Waals surface area contributed by atoms with E-state index in [4.69, 9.17) is 0 Å². The first-order valence-corrected chi connectivity index (χ1v) is 12.1. The van der Waals surface area contributed by atoms with Gasteiger partial charge in [-0.25, -0.2) is 22.8 Å². The van der Waals surface area contributed by atoms with Gasteiger partial charge in [-0.1, -0.05) is 30.3 Å². The van der Waals surface area contributed by atoms with Gasteiger partial charge in [0.15, 0.2) is 15.7 Å². The molecule has 1 aliphatic rings. The van der Waals surface area contributed by atoms with Crippen LogP contribution in [0.1, 0.15) is 17.8 Å². The Morgan fingerprint density at radius 3 is 2.71 bits per heavy atom. The molecule has 0 atom stereocenters. The van der Waals surface area contributed by atoms with Gasteiger partial charge >= 0.3 is 0 Å². The molecule has 0 amide bonds. The molecule has 0 fully saturated rings. The monoisotopic (exact) mass is 452 g/mol. The molecule has 9 heteroatoms. The van der Waals surface area contributed by atoms with Crippen molar-refractivity contribution in [3.63, 3.8) is 0 Å². The van der Waals surface area contributed by atoms with Crippen LogP contribution in [0.25, 0.3) is 20.7 Å². The lowest BCUT2D eigenvalue weighted by molar-refractivity contribution is 0.593. The van der Waals surface area contributed by atoms with Crippen molar-refractivity contribution in [2.45, 2.75) is 18.2 Å². The molecule has 156 valence electrons. The van der Waals surface area contributed by atoms with Gasteiger partial charge in [-0.05, 0) is 36.8 Å². The molecule has 0 bridgehead atoms. The lowest BCUT2D eigenvalue weighted by Crippen LogP contribution is -2.23. The number of hydrogen-bond acceptors (Lipinski definition) is 7. The first-order chi connectivity index (χ1) is 14.9. The van der Waals surface area contributed by atoms with E-state index in [1.807, 2.05) is 36.4 Å². The molecular weight excluding hydrogens is 435 g/mol. The van der Waals surface area contributed by atoms with Gasteiger partial charge in [0.05, 0.1) is 21.7 Å². The Kier molecular flexibility index (Phi) is 4.79. The number of fused-ring (bicyclic) bond motifs is 2. The summed E-state index contributed by atoms with van der Waals surface area (Å²) >= 11 is 1.56. The highest BCUT2D eigenvalue weighted by Gasteiger charge is 2.28. The summed E-state index contributed by atoms with van der Waals surface area (Å²) in [5.74, 6) is 0.546. The summed E-state index contributed by atoms with van der Waals surface area (Å²) in [6, 6.07) is 15.7. The molecule has 0 unspecified atom stereocenters. The molecule has 4 aromatic rings. The largest absolute Gasteiger partial charge is 0.260 e. The highest BCUT2D eigenvalue weighted by Crippen LogP contribution is 2.35. The average Bonchev–Trinajstić information content (AvgIpc) is 3.17. The number of rotatable bonds is 3. The molecule has 2 aromatic carbocycles. The average molecular weight is 453 g/mol. The van der Waals surface area contributed by atoms with E-state index in [0.29, 0.717) is 17.4 Å². The molecule has 0 aliphatic carbocycles. The zero-order valence-corrected chi connectivity index (χ0v) is 18.1. The van der Waals surface area contributed by atoms with Crippen molar-refractivity contribution in [2.75, 3.05) is 11.2 Å². The summed E-state index contributed by atoms with van der Waals surface area (Å²) < 4.78 is 38.5. The number of halogens is 1. The first-order valence-electron chi connectivity index (χ1n) is 9.59. The maximum Gasteiger partial charge on any atom is 0.179 e. The number of nitrogens with one attached hydrogen (secondary N) is 1. The first kappa shape index (κ1) is 19.8. The molecule has 3 heterocycles. The van der Waals surface area contributed by atoms with Crippen LogP contribution in [-0.2, 0) is 9.84 Å². The van der Waals surface area contributed by atoms with Crippen LogP contribution < -0.4 is 5.43 Å². The van der Waals surface area contributed by atoms with Gasteiger partial charge in [-0.15, -0.1) is 11.3 Å². The molecule has 1 aliphatic heterocycles. The van der Waals surface area contributed by atoms with Gasteiger partial charge in [0, 0.05) is 16.9 Å². The quantitative estimate of drug-likeness (QED) is 0.357. The number of sulfone groups is 1. The SMILES string of the molecule is Cc1nc(N/N=C2/CCS(=O)(=O)c3ccc(F)cc32)c2cc(-c3ccccc3)sc2n1. The smallest absolute Gasteiger partial charge is 0.179 e. The van der Waals surface area contributed by atoms with E-state index in [0.717, 1.165) is 26.7 Å². The lowest BCUT2D eigenvalue weighted by Gasteiger charge is -2.18. The van der Waals surface area contributed by atoms with Crippen LogP contribution in [0.15, 0.2) is 64.6 Å². The van der Waals surface area contributed by atoms with Gasteiger partial charge in [0.1, 0.15) is 16.5 Å². The zero-order chi connectivity index (χ0) is 21.6. The van der Waals surface area contributed by atoms with E-state index in [2.05, 4.69) is 20.5 Å². The molecule has 0 saturated carbocycles. The zero-order valence-electron chi connectivity index (χ0n) is 16.5. The molecule has 1 N–H and O–H groups in total. The van der Waals surface area contributed by atoms with E-state index in [-0.39, 0.29) is 22.6 Å². The highest BCUT2D eigenvalue weighted by molar-refractivity contribution is 7.91. The third kappa shape index (κ3) is 3.70. The number of thiophene rings is 1. The molecule has 6 nitrogen and oxygen atoms in total. The topological polar surface area (TPSA) is 84.3 Å². The minimum absolute atomic E-state index is 0.0685. The molecule has 0 spiro atoms. The molecular formula is C22H17FN4O2S2. The van der Waals surface area contributed by atoms with E-state index in [9.17, 15) is 12.8 Å². The Bertz CT molecular complexity index is 1450. The predicted octanol–water partition coefficient (Wildman–Crippen LogP) is 4.80. The van der Waals surface area contributed by atoms with Gasteiger partial charge in [0.25, 0.3) is 0 Å². The molecule has 31 heavy (non-hydrogen) atoms. The van der Waals surface area contributed by atoms with E-state index < -0.39 is 15.7 Å². The number of aryl methyl sites for hydroxylation is 1. The lowest BCUT2D eigenvalue weighted by atomic mass is 10.1. The maximum atomic E-state index is 13.8. The number of nitrogens with zero attached hydrogens (tertiary/aromatic N) is 3. The predicted molar refractivity (Wildman–Crippen MR) is 121 cm³/mol. The van der Waals surface area contributed by atoms with E-state index in [1.165, 1.54) is 12.1 Å². The second-order valence-corrected chi connectivity index (χ2v) is 10.3. The normalized spacial score (nSPS) is 16.4. The fourth-order valence-corrected chi connectivity index (χ4v) is 6.12. The molecule has 0 saturated heterocycles. The Morgan fingerprint density at radius 2 is 1.90 bits per heavy atom. The summed E-state index contributed by atoms with van der Waals surface area (Å²) in [7, 11) is -3.44. The fraction of sp³-hybridized carbons (Fsp3) is 0.136. The van der Waals surface area contributed by atoms with Gasteiger partial charge < -0.3 is 0 Å². The van der Waals surface area contributed by atoms with Crippen LogP contribution in [0, 0.1) is 12.7 Å². The van der Waals surface area contributed by atoms with Crippen molar-refractivity contribution in [3.05, 3.63) is 71.8 Å². The number of benzene rings is 2. The number of hydrogen-bond donors (Lipinski definition) is 1. The second-order valence-electron chi connectivity index (χ2n) is 7.19. The summed E-state index contributed by atoms with van der Waals surface area (Å²) in [6.45, 7) is 1.80. The molecule has 2 aromatic heterocycles. The van der Waals surface area contributed by atoms with Crippen molar-refractivity contribution in [2.24, 2.45) is 5.10 Å². The van der Waals surface area contributed by atoms with Crippen molar-refractivity contribution in [1.29, 1.82) is 0 Å². The third-order valence-electron chi connectivity index (χ3n) is 5.05. The summed E-state index contributed by atoms with van der Waals surface area (Å²) in [5.41, 5.74) is 4.83. The number of aromatic nitrogens is 2. The molecule has 5 rings (SSSR count). The van der Waals surface area contributed by atoms with Crippen LogP contribution in [0.4, 0.5) is 10.2 Å². The van der Waals surface area contributed by atoms with Crippen LogP contribution in [-0.4, -0.2) is 29.9 Å². The summed E-state index contributed by atoms with van der Waals surface area (Å²) in [6.07, 6.45) is 0.192. The summed E-state index contributed by atoms with van der Waals surface area (Å²) in [5, 5.41) is 5.25. The minimum atomic E-state index is -3.44. The van der Waals surface area contributed by atoms with Crippen LogP contribution in [0.3, 0.4) is 0 Å². The van der Waals surface area contributed by atoms with Crippen LogP contribution in [0.2, 0.25) is 0 Å². The van der Waals surface area contributed by atoms with Gasteiger partial charge in [-0.2, -0.15) is 5.10 Å². The van der Waals surface area contributed by atoms with E-state index >= 15 is 0 Å². The maximum absolute atomic E-state index is 13.8. The van der Waals surface area contributed by atoms with Gasteiger partial charge in [0.2, 0.25) is 0 Å². The standard InChI is InChI=1S/C22H17FN4O2S2/c1-13-24-21(17-12-19(30-22(17)25-13)14-5-3-2-4-6-14)27-26-18-9-10-31(28,29)20-8-7-15(23)11-16(18)20/h2-8,11-12H,9-10H2,1H3,(H,24,25,27)/b26-18-. The Labute approximate surface area is 182 Å². The van der Waals surface area contributed by atoms with E-state index in [1.54, 1.807) is 18.3 Å². The minimum Gasteiger partial charge on any atom is -0.260 e. The van der Waals surface area contributed by atoms with Gasteiger partial charge in [-0.3, -0.25) is 5.43 Å². The summed E-state index contributed by atoms with van der Waals surface area (Å²) in [4.78, 5) is 11.0. The Balaban J connectivity index is 1.56. The fourth-order valence-electron chi connectivity index (χ4n) is 3.57. The highest BCUT2D eigenvalue weighted by atomic mass is 32.2. The van der Waals surface area contributed by atoms with Crippen molar-refractivity contribution >= 4 is 42.9 Å². The number of hydrazone groups is 1. The number of anilines is 1. The Morgan fingerprint density at radius 1 is 1.10 bits per heavy atom. The van der Waals surface area contributed by atoms with Crippen molar-refractivity contribution in [3.8, 4) is 10.4 Å². The second kappa shape index (κ2) is 7.51.